The van der Waals surface area contributed by atoms with Crippen LogP contribution in [0.25, 0.3) is 11.2 Å². The van der Waals surface area contributed by atoms with Gasteiger partial charge >= 0.3 is 26.3 Å². The van der Waals surface area contributed by atoms with E-state index in [1.54, 1.807) is 0 Å². The number of nitrogens with two attached hydrogens (primary N) is 1. The summed E-state index contributed by atoms with van der Waals surface area (Å²) < 4.78 is 102. The largest absolute Gasteiger partial charge is 0.508 e. The molecule has 312 valence electrons. The molecule has 21 nitrogen and oxygen atoms in total. The lowest BCUT2D eigenvalue weighted by atomic mass is 10.1. The summed E-state index contributed by atoms with van der Waals surface area (Å²) in [7, 11) is -5.28. The van der Waals surface area contributed by atoms with Gasteiger partial charge in [0.05, 0.1) is 25.1 Å². The molecular weight excluding hydrogens is 850 g/mol. The fourth-order valence-corrected chi connectivity index (χ4v) is 10.7. The number of aromatic nitrogens is 6. The summed E-state index contributed by atoms with van der Waals surface area (Å²) in [5, 5.41) is 9.49. The zero-order valence-corrected chi connectivity index (χ0v) is 32.4. The Morgan fingerprint density at radius 3 is 2.39 bits per heavy atom. The lowest BCUT2D eigenvalue weighted by Gasteiger charge is -2.27. The van der Waals surface area contributed by atoms with Crippen molar-refractivity contribution in [2.45, 2.75) is 55.0 Å². The molecule has 3 aliphatic rings. The molecule has 0 spiro atoms. The molecule has 10 atom stereocenters. The van der Waals surface area contributed by atoms with E-state index in [-0.39, 0.29) is 39.8 Å². The minimum Gasteiger partial charge on any atom is -0.508 e. The van der Waals surface area contributed by atoms with Crippen molar-refractivity contribution in [2.24, 2.45) is 0 Å². The van der Waals surface area contributed by atoms with Crippen LogP contribution in [0.4, 0.5) is 14.6 Å². The van der Waals surface area contributed by atoms with Crippen LogP contribution in [0.3, 0.4) is 0 Å². The second-order valence-corrected chi connectivity index (χ2v) is 18.6. The van der Waals surface area contributed by atoms with E-state index in [1.165, 1.54) is 59.4 Å². The first-order chi connectivity index (χ1) is 28.2. The van der Waals surface area contributed by atoms with Crippen molar-refractivity contribution in [3.05, 3.63) is 105 Å². The second-order valence-electron chi connectivity index (χ2n) is 13.1. The first-order valence-electron chi connectivity index (χ1n) is 17.3. The van der Waals surface area contributed by atoms with E-state index >= 15 is 8.78 Å². The number of benzene rings is 2. The van der Waals surface area contributed by atoms with Gasteiger partial charge in [-0.05, 0) is 53.3 Å². The summed E-state index contributed by atoms with van der Waals surface area (Å²) in [6, 6.07) is 12.3. The van der Waals surface area contributed by atoms with Gasteiger partial charge < -0.3 is 29.9 Å². The number of ether oxygens (including phenoxy) is 3. The van der Waals surface area contributed by atoms with Crippen molar-refractivity contribution in [3.63, 3.8) is 0 Å². The average molecular weight is 882 g/mol. The summed E-state index contributed by atoms with van der Waals surface area (Å²) >= 11 is 0.550. The van der Waals surface area contributed by atoms with E-state index < -0.39 is 94.3 Å². The van der Waals surface area contributed by atoms with Gasteiger partial charge in [-0.25, -0.2) is 42.5 Å². The highest BCUT2D eigenvalue weighted by Crippen LogP contribution is 2.64. The zero-order chi connectivity index (χ0) is 41.6. The number of phosphoric ester groups is 1. The third kappa shape index (κ3) is 8.59. The predicted molar refractivity (Wildman–Crippen MR) is 199 cm³/mol. The minimum atomic E-state index is -5.28. The number of phenolic OH excluding ortho intramolecular Hbond substituents is 1. The van der Waals surface area contributed by atoms with Crippen LogP contribution in [-0.4, -0.2) is 95.0 Å². The summed E-state index contributed by atoms with van der Waals surface area (Å²) in [6.07, 6.45) is -11.9. The maximum Gasteiger partial charge on any atom is 0.472 e. The predicted octanol–water partition coefficient (Wildman–Crippen LogP) is 3.31. The Labute approximate surface area is 333 Å². The molecule has 3 saturated heterocycles. The van der Waals surface area contributed by atoms with E-state index in [9.17, 15) is 33.5 Å². The molecule has 3 aromatic heterocycles. The number of nitrogens with zero attached hydrogens (tertiary/aromatic N) is 5. The Morgan fingerprint density at radius 1 is 0.915 bits per heavy atom. The molecule has 0 saturated carbocycles. The van der Waals surface area contributed by atoms with Crippen LogP contribution in [0, 0.1) is 0 Å². The maximum atomic E-state index is 16.4. The van der Waals surface area contributed by atoms with Gasteiger partial charge in [0, 0.05) is 18.0 Å². The Kier molecular flexibility index (Phi) is 11.3. The molecule has 0 radical (unpaired) electrons. The van der Waals surface area contributed by atoms with Gasteiger partial charge in [0.15, 0.2) is 36.3 Å². The summed E-state index contributed by atoms with van der Waals surface area (Å²) in [5.74, 6) is -0.767. The zero-order valence-electron chi connectivity index (χ0n) is 29.8. The number of carbonyl (C=O) groups excluding carboxylic acids is 1. The van der Waals surface area contributed by atoms with Crippen molar-refractivity contribution < 1.29 is 65.0 Å². The van der Waals surface area contributed by atoms with Gasteiger partial charge in [-0.2, -0.15) is 0 Å². The number of hydrogen-bond acceptors (Lipinski definition) is 18. The number of aromatic hydroxyl groups is 1. The lowest BCUT2D eigenvalue weighted by molar-refractivity contribution is -0.0640. The quantitative estimate of drug-likeness (QED) is 0.104. The SMILES string of the molecule is Nc1ncnc2c1ncn2[C@@H]1O[C@@H]2CO[P@](=O)(SCc3ccc(OC(=O)c4ccc(O)cc4)cc3)O[C@H]3[C@@H](F)[C@H](n4ccc(=O)[nH]c4=O)O[C@@H]3COP(=O)(O)O[C@@H]1[C@@H]2F. The third-order valence-electron chi connectivity index (χ3n) is 9.25. The number of rotatable bonds is 7. The number of aromatic amines is 1. The molecule has 0 amide bonds. The number of carbonyl (C=O) groups is 1. The molecule has 5 N–H and O–H groups in total. The number of esters is 1. The molecule has 3 aliphatic heterocycles. The number of phosphoric acid groups is 1. The second kappa shape index (κ2) is 16.3. The lowest BCUT2D eigenvalue weighted by Crippen LogP contribution is -2.36. The van der Waals surface area contributed by atoms with Gasteiger partial charge in [-0.15, -0.1) is 0 Å². The summed E-state index contributed by atoms with van der Waals surface area (Å²) in [6.45, 7) is -6.50. The number of alkyl halides is 2. The van der Waals surface area contributed by atoms with Gasteiger partial charge in [0.2, 0.25) is 0 Å². The Balaban J connectivity index is 1.08. The molecule has 2 aromatic carbocycles. The van der Waals surface area contributed by atoms with Gasteiger partial charge in [-0.1, -0.05) is 12.1 Å². The molecule has 6 heterocycles. The maximum absolute atomic E-state index is 16.4. The highest BCUT2D eigenvalue weighted by atomic mass is 32.7. The highest BCUT2D eigenvalue weighted by Gasteiger charge is 2.55. The molecule has 2 bridgehead atoms. The third-order valence-corrected chi connectivity index (χ3v) is 13.9. The fourth-order valence-electron chi connectivity index (χ4n) is 6.36. The fraction of sp³-hybridized carbons (Fsp3) is 0.333. The number of H-pyrrole nitrogens is 1. The molecular formula is C33H31F2N7O14P2S. The Bertz CT molecular complexity index is 2590. The average Bonchev–Trinajstić information content (AvgIpc) is 3.86. The number of imidazole rings is 1. The number of phenols is 1. The summed E-state index contributed by atoms with van der Waals surface area (Å²) in [4.78, 5) is 61.8. The van der Waals surface area contributed by atoms with Crippen molar-refractivity contribution in [1.29, 1.82) is 0 Å². The van der Waals surface area contributed by atoms with Crippen LogP contribution in [0.1, 0.15) is 28.4 Å². The van der Waals surface area contributed by atoms with Gasteiger partial charge in [-0.3, -0.25) is 37.0 Å². The van der Waals surface area contributed by atoms with Gasteiger partial charge in [0.25, 0.3) is 5.56 Å². The van der Waals surface area contributed by atoms with Crippen LogP contribution in [0.15, 0.2) is 83.0 Å². The van der Waals surface area contributed by atoms with E-state index in [0.717, 1.165) is 18.6 Å². The van der Waals surface area contributed by atoms with Crippen LogP contribution >= 0.6 is 26.0 Å². The highest BCUT2D eigenvalue weighted by molar-refractivity contribution is 8.54. The first-order valence-corrected chi connectivity index (χ1v) is 22.0. The van der Waals surface area contributed by atoms with Gasteiger partial charge in [0.1, 0.15) is 47.8 Å². The number of nitrogen functional groups attached to an aromatic ring is 1. The number of fused-ring (bicyclic) bond motifs is 4. The van der Waals surface area contributed by atoms with Crippen molar-refractivity contribution >= 4 is 49.0 Å². The van der Waals surface area contributed by atoms with Crippen molar-refractivity contribution in [1.82, 2.24) is 29.1 Å². The Hall–Kier alpha value is -4.87. The van der Waals surface area contributed by atoms with Crippen molar-refractivity contribution in [2.75, 3.05) is 18.9 Å². The van der Waals surface area contributed by atoms with E-state index in [0.29, 0.717) is 21.5 Å². The molecule has 1 unspecified atom stereocenters. The Morgan fingerprint density at radius 2 is 1.64 bits per heavy atom. The number of hydrogen-bond donors (Lipinski definition) is 4. The number of anilines is 1. The monoisotopic (exact) mass is 881 g/mol. The molecule has 3 fully saturated rings. The van der Waals surface area contributed by atoms with Crippen LogP contribution in [-0.2, 0) is 42.5 Å². The smallest absolute Gasteiger partial charge is 0.472 e. The molecule has 59 heavy (non-hydrogen) atoms. The van der Waals surface area contributed by atoms with Crippen LogP contribution < -0.4 is 21.7 Å². The molecule has 8 rings (SSSR count). The number of halogens is 2. The minimum absolute atomic E-state index is 0.0289. The first kappa shape index (κ1) is 40.9. The van der Waals surface area contributed by atoms with E-state index in [4.69, 9.17) is 38.0 Å². The molecule has 26 heteroatoms. The molecule has 0 aliphatic carbocycles. The van der Waals surface area contributed by atoms with E-state index in [2.05, 4.69) is 15.0 Å². The normalized spacial score (nSPS) is 31.2. The van der Waals surface area contributed by atoms with E-state index in [1.807, 2.05) is 4.98 Å². The standard InChI is InChI=1S/C33H31F2N7O14P2S/c34-23-20-11-51-58(49,59-13-16-1-7-19(8-2-16)52-32(45)17-3-5-18(43)6-4-17)56-26-21(54-30(24(26)35)41-10-9-22(44)40-33(41)46)12-50-57(47,48)55-27(23)31(53-20)42-15-39-25-28(36)37-14-38-29(25)42/h1-10,14-15,20-21,23-24,26-27,30-31,43H,11-13H2,(H,47,48)(H2,36,37,38)(H,40,44,46)/t20-,21-,23-,24-,26-,27-,30-,31-,58+/m1/s1. The van der Waals surface area contributed by atoms with Crippen molar-refractivity contribution in [3.8, 4) is 11.5 Å². The number of nitrogens with one attached hydrogen (secondary N) is 1. The topological polar surface area (TPSA) is 281 Å². The summed E-state index contributed by atoms with van der Waals surface area (Å²) in [5.41, 5.74) is 4.84. The van der Waals surface area contributed by atoms with Crippen LogP contribution in [0.5, 0.6) is 11.5 Å². The van der Waals surface area contributed by atoms with Crippen LogP contribution in [0.2, 0.25) is 0 Å². The molecule has 5 aromatic rings.